The highest BCUT2D eigenvalue weighted by molar-refractivity contribution is 5.06. The number of allylic oxidation sites excluding steroid dienone is 2. The van der Waals surface area contributed by atoms with E-state index in [0.717, 1.165) is 18.4 Å². The van der Waals surface area contributed by atoms with Crippen molar-refractivity contribution in [3.8, 4) is 0 Å². The Morgan fingerprint density at radius 1 is 1.27 bits per heavy atom. The molecule has 1 rings (SSSR count). The van der Waals surface area contributed by atoms with Crippen LogP contribution in [0.5, 0.6) is 0 Å². The molecule has 0 atom stereocenters. The van der Waals surface area contributed by atoms with Crippen molar-refractivity contribution in [3.63, 3.8) is 0 Å². The lowest BCUT2D eigenvalue weighted by atomic mass is 10.1. The number of aliphatic hydroxyl groups is 1. The van der Waals surface area contributed by atoms with Gasteiger partial charge in [0.05, 0.1) is 19.8 Å². The van der Waals surface area contributed by atoms with Gasteiger partial charge in [-0.15, -0.1) is 0 Å². The standard InChI is InChI=1S/C12H20O3/c1-10(6-7-13)4-3-5-11(2)12-14-8-9-15-12/h5-6,12-13H,3-4,7-9H2,1-2H3. The molecule has 0 aromatic rings. The number of rotatable bonds is 5. The Kier molecular flexibility index (Phi) is 5.61. The molecule has 0 unspecified atom stereocenters. The maximum Gasteiger partial charge on any atom is 0.179 e. The molecule has 1 aliphatic heterocycles. The van der Waals surface area contributed by atoms with Crippen LogP contribution in [0.4, 0.5) is 0 Å². The molecule has 0 saturated carbocycles. The van der Waals surface area contributed by atoms with Crippen LogP contribution >= 0.6 is 0 Å². The SMILES string of the molecule is CC(=CCO)CCC=C(C)C1OCCO1. The van der Waals surface area contributed by atoms with Gasteiger partial charge in [0.25, 0.3) is 0 Å². The molecule has 1 N–H and O–H groups in total. The molecule has 0 spiro atoms. The van der Waals surface area contributed by atoms with E-state index in [1.165, 1.54) is 5.57 Å². The van der Waals surface area contributed by atoms with Gasteiger partial charge in [-0.3, -0.25) is 0 Å². The van der Waals surface area contributed by atoms with Crippen LogP contribution in [-0.2, 0) is 9.47 Å². The molecule has 1 fully saturated rings. The van der Waals surface area contributed by atoms with Gasteiger partial charge in [0.2, 0.25) is 0 Å². The van der Waals surface area contributed by atoms with Gasteiger partial charge in [-0.05, 0) is 32.3 Å². The van der Waals surface area contributed by atoms with E-state index in [1.54, 1.807) is 0 Å². The van der Waals surface area contributed by atoms with E-state index < -0.39 is 0 Å². The molecule has 0 aliphatic carbocycles. The highest BCUT2D eigenvalue weighted by atomic mass is 16.7. The van der Waals surface area contributed by atoms with Crippen molar-refractivity contribution >= 4 is 0 Å². The largest absolute Gasteiger partial charge is 0.392 e. The molecular weight excluding hydrogens is 192 g/mol. The van der Waals surface area contributed by atoms with Gasteiger partial charge < -0.3 is 14.6 Å². The van der Waals surface area contributed by atoms with E-state index in [4.69, 9.17) is 14.6 Å². The number of aliphatic hydroxyl groups excluding tert-OH is 1. The summed E-state index contributed by atoms with van der Waals surface area (Å²) in [6.07, 6.45) is 5.80. The smallest absolute Gasteiger partial charge is 0.179 e. The minimum Gasteiger partial charge on any atom is -0.392 e. The fourth-order valence-electron chi connectivity index (χ4n) is 1.50. The van der Waals surface area contributed by atoms with Crippen molar-refractivity contribution in [2.75, 3.05) is 19.8 Å². The van der Waals surface area contributed by atoms with Gasteiger partial charge in [0.15, 0.2) is 6.29 Å². The first-order valence-electron chi connectivity index (χ1n) is 5.40. The second-order valence-corrected chi connectivity index (χ2v) is 3.79. The fourth-order valence-corrected chi connectivity index (χ4v) is 1.50. The van der Waals surface area contributed by atoms with Crippen LogP contribution in [0.25, 0.3) is 0 Å². The molecule has 15 heavy (non-hydrogen) atoms. The summed E-state index contributed by atoms with van der Waals surface area (Å²) in [4.78, 5) is 0. The third-order valence-corrected chi connectivity index (χ3v) is 2.44. The Morgan fingerprint density at radius 3 is 2.53 bits per heavy atom. The molecule has 1 heterocycles. The van der Waals surface area contributed by atoms with Crippen LogP contribution in [0.15, 0.2) is 23.3 Å². The third kappa shape index (κ3) is 4.60. The Labute approximate surface area is 91.4 Å². The van der Waals surface area contributed by atoms with Crippen LogP contribution in [0.2, 0.25) is 0 Å². The minimum atomic E-state index is -0.132. The Bertz CT molecular complexity index is 237. The molecule has 3 nitrogen and oxygen atoms in total. The maximum atomic E-state index is 8.69. The Hall–Kier alpha value is -0.640. The van der Waals surface area contributed by atoms with Crippen molar-refractivity contribution in [2.24, 2.45) is 0 Å². The van der Waals surface area contributed by atoms with E-state index in [-0.39, 0.29) is 12.9 Å². The summed E-state index contributed by atoms with van der Waals surface area (Å²) < 4.78 is 10.7. The number of ether oxygens (including phenoxy) is 2. The summed E-state index contributed by atoms with van der Waals surface area (Å²) in [5.74, 6) is 0. The predicted molar refractivity (Wildman–Crippen MR) is 59.5 cm³/mol. The number of hydrogen-bond acceptors (Lipinski definition) is 3. The van der Waals surface area contributed by atoms with E-state index in [9.17, 15) is 0 Å². The molecular formula is C12H20O3. The Morgan fingerprint density at radius 2 is 1.93 bits per heavy atom. The van der Waals surface area contributed by atoms with Gasteiger partial charge in [-0.2, -0.15) is 0 Å². The molecule has 3 heteroatoms. The first-order chi connectivity index (χ1) is 7.24. The van der Waals surface area contributed by atoms with Crippen molar-refractivity contribution < 1.29 is 14.6 Å². The fraction of sp³-hybridized carbons (Fsp3) is 0.667. The molecule has 0 aromatic heterocycles. The van der Waals surface area contributed by atoms with Gasteiger partial charge in [-0.25, -0.2) is 0 Å². The second kappa shape index (κ2) is 6.77. The Balaban J connectivity index is 2.27. The van der Waals surface area contributed by atoms with Gasteiger partial charge >= 0.3 is 0 Å². The van der Waals surface area contributed by atoms with E-state index in [2.05, 4.69) is 6.08 Å². The van der Waals surface area contributed by atoms with Crippen LogP contribution in [-0.4, -0.2) is 31.2 Å². The van der Waals surface area contributed by atoms with Gasteiger partial charge in [-0.1, -0.05) is 17.7 Å². The summed E-state index contributed by atoms with van der Waals surface area (Å²) in [6.45, 7) is 5.57. The highest BCUT2D eigenvalue weighted by Crippen LogP contribution is 2.15. The molecule has 1 saturated heterocycles. The minimum absolute atomic E-state index is 0.128. The van der Waals surface area contributed by atoms with Crippen molar-refractivity contribution in [3.05, 3.63) is 23.3 Å². The first-order valence-corrected chi connectivity index (χ1v) is 5.40. The van der Waals surface area contributed by atoms with E-state index in [1.807, 2.05) is 19.9 Å². The number of hydrogen-bond donors (Lipinski definition) is 1. The van der Waals surface area contributed by atoms with E-state index in [0.29, 0.717) is 13.2 Å². The average molecular weight is 212 g/mol. The molecule has 1 aliphatic rings. The topological polar surface area (TPSA) is 38.7 Å². The highest BCUT2D eigenvalue weighted by Gasteiger charge is 2.16. The molecule has 0 aromatic carbocycles. The van der Waals surface area contributed by atoms with Crippen LogP contribution < -0.4 is 0 Å². The molecule has 86 valence electrons. The van der Waals surface area contributed by atoms with Crippen molar-refractivity contribution in [1.82, 2.24) is 0 Å². The first kappa shape index (κ1) is 12.4. The monoisotopic (exact) mass is 212 g/mol. The summed E-state index contributed by atoms with van der Waals surface area (Å²) in [6, 6.07) is 0. The molecule has 0 bridgehead atoms. The lowest BCUT2D eigenvalue weighted by Gasteiger charge is -2.09. The average Bonchev–Trinajstić information content (AvgIpc) is 2.70. The van der Waals surface area contributed by atoms with Crippen molar-refractivity contribution in [1.29, 1.82) is 0 Å². The second-order valence-electron chi connectivity index (χ2n) is 3.79. The lowest BCUT2D eigenvalue weighted by molar-refractivity contribution is -0.0112. The summed E-state index contributed by atoms with van der Waals surface area (Å²) >= 11 is 0. The van der Waals surface area contributed by atoms with Gasteiger partial charge in [0.1, 0.15) is 0 Å². The van der Waals surface area contributed by atoms with Crippen LogP contribution in [0, 0.1) is 0 Å². The predicted octanol–water partition coefficient (Wildman–Crippen LogP) is 2.02. The van der Waals surface area contributed by atoms with E-state index >= 15 is 0 Å². The lowest BCUT2D eigenvalue weighted by Crippen LogP contribution is -2.08. The quantitative estimate of drug-likeness (QED) is 0.709. The molecule has 0 radical (unpaired) electrons. The zero-order valence-corrected chi connectivity index (χ0v) is 9.53. The molecule has 0 amide bonds. The maximum absolute atomic E-state index is 8.69. The van der Waals surface area contributed by atoms with Crippen LogP contribution in [0.3, 0.4) is 0 Å². The third-order valence-electron chi connectivity index (χ3n) is 2.44. The van der Waals surface area contributed by atoms with Gasteiger partial charge in [0, 0.05) is 0 Å². The normalized spacial score (nSPS) is 19.9. The zero-order valence-electron chi connectivity index (χ0n) is 9.53. The zero-order chi connectivity index (χ0) is 11.1. The van der Waals surface area contributed by atoms with Crippen LogP contribution in [0.1, 0.15) is 26.7 Å². The summed E-state index contributed by atoms with van der Waals surface area (Å²) in [7, 11) is 0. The summed E-state index contributed by atoms with van der Waals surface area (Å²) in [5.41, 5.74) is 2.36. The summed E-state index contributed by atoms with van der Waals surface area (Å²) in [5, 5.41) is 8.69. The van der Waals surface area contributed by atoms with Crippen molar-refractivity contribution in [2.45, 2.75) is 33.0 Å².